The third-order valence-electron chi connectivity index (χ3n) is 3.31. The number of hydrogen-bond acceptors (Lipinski definition) is 6. The van der Waals surface area contributed by atoms with Gasteiger partial charge in [0.25, 0.3) is 5.24 Å². The maximum absolute atomic E-state index is 12.0. The number of nitrogens with zero attached hydrogens (tertiary/aromatic N) is 2. The number of thioether (sulfide) groups is 1. The quantitative estimate of drug-likeness (QED) is 0.778. The number of piperidine rings is 1. The Kier molecular flexibility index (Phi) is 4.48. The highest BCUT2D eigenvalue weighted by Gasteiger charge is 2.42. The van der Waals surface area contributed by atoms with Crippen LogP contribution in [0.1, 0.15) is 27.2 Å². The lowest BCUT2D eigenvalue weighted by atomic mass is 10.0. The number of rotatable bonds is 1. The molecule has 2 saturated heterocycles. The van der Waals surface area contributed by atoms with Gasteiger partial charge in [-0.1, -0.05) is 11.8 Å². The van der Waals surface area contributed by atoms with Crippen molar-refractivity contribution in [3.05, 3.63) is 0 Å². The summed E-state index contributed by atoms with van der Waals surface area (Å²) in [6, 6.07) is -0.557. The smallest absolute Gasteiger partial charge is 0.410 e. The monoisotopic (exact) mass is 316 g/mol. The van der Waals surface area contributed by atoms with Gasteiger partial charge in [-0.15, -0.1) is 0 Å². The van der Waals surface area contributed by atoms with Crippen molar-refractivity contribution in [2.75, 3.05) is 18.8 Å². The molecule has 0 saturated carbocycles. The van der Waals surface area contributed by atoms with Crippen LogP contribution < -0.4 is 0 Å². The summed E-state index contributed by atoms with van der Waals surface area (Å²) in [5, 5.41) is 9.85. The normalized spacial score (nSPS) is 27.2. The van der Waals surface area contributed by atoms with E-state index in [0.717, 1.165) is 16.7 Å². The Morgan fingerprint density at radius 2 is 2.05 bits per heavy atom. The molecule has 0 aromatic rings. The molecule has 2 fully saturated rings. The number of amides is 3. The first-order chi connectivity index (χ1) is 9.69. The summed E-state index contributed by atoms with van der Waals surface area (Å²) in [4.78, 5) is 37.9. The van der Waals surface area contributed by atoms with E-state index in [4.69, 9.17) is 4.74 Å². The highest BCUT2D eigenvalue weighted by Crippen LogP contribution is 2.27. The molecule has 2 atom stereocenters. The molecule has 8 heteroatoms. The van der Waals surface area contributed by atoms with Crippen molar-refractivity contribution in [1.82, 2.24) is 9.80 Å². The van der Waals surface area contributed by atoms with E-state index in [9.17, 15) is 19.5 Å². The van der Waals surface area contributed by atoms with Gasteiger partial charge in [0.2, 0.25) is 5.91 Å². The van der Waals surface area contributed by atoms with Gasteiger partial charge in [0.1, 0.15) is 5.60 Å². The molecule has 2 aliphatic heterocycles. The van der Waals surface area contributed by atoms with Gasteiger partial charge < -0.3 is 14.7 Å². The number of β-amino-alcohol motifs (C(OH)–C–C–N with tert-alkyl or cyclic N) is 1. The molecule has 2 aliphatic rings. The van der Waals surface area contributed by atoms with Crippen LogP contribution in [0.2, 0.25) is 0 Å². The van der Waals surface area contributed by atoms with Crippen LogP contribution in [0.25, 0.3) is 0 Å². The average molecular weight is 316 g/mol. The van der Waals surface area contributed by atoms with Gasteiger partial charge in [-0.2, -0.15) is 0 Å². The van der Waals surface area contributed by atoms with E-state index in [0.29, 0.717) is 13.0 Å². The Bertz CT molecular complexity index is 446. The van der Waals surface area contributed by atoms with Gasteiger partial charge in [-0.05, 0) is 27.2 Å². The predicted molar refractivity (Wildman–Crippen MR) is 76.9 cm³/mol. The molecule has 1 N–H and O–H groups in total. The van der Waals surface area contributed by atoms with Crippen molar-refractivity contribution in [2.45, 2.75) is 44.9 Å². The number of carbonyl (C=O) groups excluding carboxylic acids is 3. The van der Waals surface area contributed by atoms with Crippen molar-refractivity contribution in [2.24, 2.45) is 0 Å². The Labute approximate surface area is 127 Å². The van der Waals surface area contributed by atoms with Crippen molar-refractivity contribution in [3.8, 4) is 0 Å². The minimum atomic E-state index is -0.946. The Hall–Kier alpha value is -1.28. The van der Waals surface area contributed by atoms with Crippen molar-refractivity contribution in [3.63, 3.8) is 0 Å². The maximum atomic E-state index is 12.0. The largest absolute Gasteiger partial charge is 0.444 e. The number of carbonyl (C=O) groups is 3. The molecule has 21 heavy (non-hydrogen) atoms. The third kappa shape index (κ3) is 3.68. The lowest BCUT2D eigenvalue weighted by Crippen LogP contribution is -2.57. The van der Waals surface area contributed by atoms with Crippen LogP contribution in [0.3, 0.4) is 0 Å². The van der Waals surface area contributed by atoms with Gasteiger partial charge in [0.15, 0.2) is 0 Å². The molecule has 3 amide bonds. The Morgan fingerprint density at radius 3 is 2.52 bits per heavy atom. The van der Waals surface area contributed by atoms with Crippen LogP contribution in [-0.4, -0.2) is 68.7 Å². The molecule has 2 heterocycles. The molecule has 0 bridgehead atoms. The molecular weight excluding hydrogens is 296 g/mol. The van der Waals surface area contributed by atoms with E-state index in [1.807, 2.05) is 0 Å². The number of imide groups is 1. The first-order valence-electron chi connectivity index (χ1n) is 6.84. The summed E-state index contributed by atoms with van der Waals surface area (Å²) in [6.45, 7) is 5.71. The fraction of sp³-hybridized carbons (Fsp3) is 0.769. The number of hydrogen-bond donors (Lipinski definition) is 1. The summed E-state index contributed by atoms with van der Waals surface area (Å²) in [6.07, 6.45) is -1.08. The summed E-state index contributed by atoms with van der Waals surface area (Å²) in [5.41, 5.74) is -0.601. The van der Waals surface area contributed by atoms with Crippen LogP contribution in [0.5, 0.6) is 0 Å². The summed E-state index contributed by atoms with van der Waals surface area (Å²) in [7, 11) is 0. The van der Waals surface area contributed by atoms with Crippen LogP contribution >= 0.6 is 11.8 Å². The molecule has 0 aromatic carbocycles. The number of likely N-dealkylation sites (tertiary alicyclic amines) is 1. The molecule has 2 rings (SSSR count). The highest BCUT2D eigenvalue weighted by atomic mass is 32.2. The lowest BCUT2D eigenvalue weighted by molar-refractivity contribution is -0.129. The van der Waals surface area contributed by atoms with Gasteiger partial charge in [-0.25, -0.2) is 4.79 Å². The van der Waals surface area contributed by atoms with E-state index < -0.39 is 23.8 Å². The van der Waals surface area contributed by atoms with Gasteiger partial charge >= 0.3 is 6.09 Å². The second kappa shape index (κ2) is 5.84. The molecule has 7 nitrogen and oxygen atoms in total. The van der Waals surface area contributed by atoms with Gasteiger partial charge in [0, 0.05) is 6.54 Å². The molecule has 2 unspecified atom stereocenters. The average Bonchev–Trinajstić information content (AvgIpc) is 2.67. The van der Waals surface area contributed by atoms with E-state index in [1.54, 1.807) is 20.8 Å². The third-order valence-corrected chi connectivity index (χ3v) is 4.15. The number of aliphatic hydroxyl groups excluding tert-OH is 1. The van der Waals surface area contributed by atoms with E-state index in [-0.39, 0.29) is 23.4 Å². The standard InChI is InChI=1S/C13H20N2O5S/c1-13(2,3)20-11(18)14-5-4-8(9(16)6-14)15-10(17)7-21-12(15)19/h8-9,16H,4-7H2,1-3H3. The number of ether oxygens (including phenoxy) is 1. The molecule has 0 spiro atoms. The second-order valence-electron chi connectivity index (χ2n) is 6.17. The highest BCUT2D eigenvalue weighted by molar-refractivity contribution is 8.14. The topological polar surface area (TPSA) is 87.2 Å². The zero-order valence-electron chi connectivity index (χ0n) is 12.4. The molecular formula is C13H20N2O5S. The van der Waals surface area contributed by atoms with Gasteiger partial charge in [-0.3, -0.25) is 14.5 Å². The van der Waals surface area contributed by atoms with E-state index in [1.165, 1.54) is 4.90 Å². The van der Waals surface area contributed by atoms with Crippen molar-refractivity contribution < 1.29 is 24.2 Å². The summed E-state index contributed by atoms with van der Waals surface area (Å²) >= 11 is 0.945. The minimum Gasteiger partial charge on any atom is -0.444 e. The molecule has 0 aliphatic carbocycles. The number of aliphatic hydroxyl groups is 1. The van der Waals surface area contributed by atoms with Crippen LogP contribution in [0.4, 0.5) is 9.59 Å². The fourth-order valence-corrected chi connectivity index (χ4v) is 3.16. The first kappa shape index (κ1) is 16.1. The predicted octanol–water partition coefficient (Wildman–Crippen LogP) is 1.05. The first-order valence-corrected chi connectivity index (χ1v) is 7.82. The summed E-state index contributed by atoms with van der Waals surface area (Å²) < 4.78 is 5.25. The SMILES string of the molecule is CC(C)(C)OC(=O)N1CCC(N2C(=O)CSC2=O)C(O)C1. The van der Waals surface area contributed by atoms with Crippen LogP contribution in [0.15, 0.2) is 0 Å². The zero-order valence-corrected chi connectivity index (χ0v) is 13.2. The van der Waals surface area contributed by atoms with Crippen molar-refractivity contribution >= 4 is 29.0 Å². The van der Waals surface area contributed by atoms with Crippen molar-refractivity contribution in [1.29, 1.82) is 0 Å². The minimum absolute atomic E-state index is 0.0569. The Morgan fingerprint density at radius 1 is 1.38 bits per heavy atom. The maximum Gasteiger partial charge on any atom is 0.410 e. The second-order valence-corrected chi connectivity index (χ2v) is 7.09. The molecule has 0 radical (unpaired) electrons. The summed E-state index contributed by atoms with van der Waals surface area (Å²) in [5.74, 6) is -0.155. The Balaban J connectivity index is 1.98. The van der Waals surface area contributed by atoms with E-state index in [2.05, 4.69) is 0 Å². The van der Waals surface area contributed by atoms with E-state index >= 15 is 0 Å². The zero-order chi connectivity index (χ0) is 15.8. The molecule has 118 valence electrons. The molecule has 0 aromatic heterocycles. The van der Waals surface area contributed by atoms with Crippen LogP contribution in [0, 0.1) is 0 Å². The van der Waals surface area contributed by atoms with Gasteiger partial charge in [0.05, 0.1) is 24.4 Å². The lowest BCUT2D eigenvalue weighted by Gasteiger charge is -2.39. The van der Waals surface area contributed by atoms with Crippen LogP contribution in [-0.2, 0) is 9.53 Å². The fourth-order valence-electron chi connectivity index (χ4n) is 2.40.